The van der Waals surface area contributed by atoms with E-state index >= 15 is 0 Å². The Hall–Kier alpha value is -0.790. The molecule has 0 fully saturated rings. The normalized spacial score (nSPS) is 10.4. The topological polar surface area (TPSA) is 37.3 Å². The molecule has 0 aromatic carbocycles. The second-order valence-electron chi connectivity index (χ2n) is 3.48. The van der Waals surface area contributed by atoms with Crippen molar-refractivity contribution in [3.63, 3.8) is 0 Å². The van der Waals surface area contributed by atoms with Crippen molar-refractivity contribution >= 4 is 5.97 Å². The summed E-state index contributed by atoms with van der Waals surface area (Å²) in [7, 11) is 0. The average Bonchev–Trinajstić information content (AvgIpc) is 2.12. The van der Waals surface area contributed by atoms with E-state index in [1.807, 2.05) is 0 Å². The summed E-state index contributed by atoms with van der Waals surface area (Å²) in [6.45, 7) is 7.86. The Balaban J connectivity index is 3.54. The predicted octanol–water partition coefficient (Wildman–Crippen LogP) is 3.23. The van der Waals surface area contributed by atoms with Gasteiger partial charge in [0.2, 0.25) is 0 Å². The molecule has 0 spiro atoms. The van der Waals surface area contributed by atoms with Crippen molar-refractivity contribution in [2.75, 3.05) is 0 Å². The SMILES string of the molecule is C=C(CCCC(CC)CC)C(=O)O. The fourth-order valence-electron chi connectivity index (χ4n) is 1.41. The summed E-state index contributed by atoms with van der Waals surface area (Å²) in [6, 6.07) is 0. The van der Waals surface area contributed by atoms with Crippen LogP contribution in [0, 0.1) is 5.92 Å². The summed E-state index contributed by atoms with van der Waals surface area (Å²) in [5.41, 5.74) is 0.339. The van der Waals surface area contributed by atoms with Crippen LogP contribution in [0.15, 0.2) is 12.2 Å². The third kappa shape index (κ3) is 5.45. The largest absolute Gasteiger partial charge is 0.478 e. The number of hydrogen-bond donors (Lipinski definition) is 1. The van der Waals surface area contributed by atoms with Crippen LogP contribution in [0.1, 0.15) is 46.0 Å². The highest BCUT2D eigenvalue weighted by molar-refractivity contribution is 5.85. The van der Waals surface area contributed by atoms with Crippen LogP contribution in [0.3, 0.4) is 0 Å². The Kier molecular flexibility index (Phi) is 6.29. The monoisotopic (exact) mass is 184 g/mol. The lowest BCUT2D eigenvalue weighted by Gasteiger charge is -2.11. The van der Waals surface area contributed by atoms with Crippen LogP contribution < -0.4 is 0 Å². The lowest BCUT2D eigenvalue weighted by atomic mass is 9.95. The Bertz CT molecular complexity index is 169. The van der Waals surface area contributed by atoms with Crippen LogP contribution in [-0.4, -0.2) is 11.1 Å². The molecule has 0 heterocycles. The van der Waals surface area contributed by atoms with Crippen LogP contribution in [-0.2, 0) is 4.79 Å². The summed E-state index contributed by atoms with van der Waals surface area (Å²) in [5, 5.41) is 8.56. The van der Waals surface area contributed by atoms with Gasteiger partial charge in [0, 0.05) is 5.57 Å². The van der Waals surface area contributed by atoms with E-state index in [2.05, 4.69) is 20.4 Å². The summed E-state index contributed by atoms with van der Waals surface area (Å²) in [5.74, 6) is -0.105. The number of rotatable bonds is 7. The molecular weight excluding hydrogens is 164 g/mol. The molecule has 0 unspecified atom stereocenters. The van der Waals surface area contributed by atoms with Crippen LogP contribution >= 0.6 is 0 Å². The zero-order chi connectivity index (χ0) is 10.3. The van der Waals surface area contributed by atoms with Gasteiger partial charge in [0.25, 0.3) is 0 Å². The minimum Gasteiger partial charge on any atom is -0.478 e. The Morgan fingerprint density at radius 2 is 1.92 bits per heavy atom. The van der Waals surface area contributed by atoms with Crippen molar-refractivity contribution < 1.29 is 9.90 Å². The molecule has 0 bridgehead atoms. The van der Waals surface area contributed by atoms with E-state index in [9.17, 15) is 4.79 Å². The quantitative estimate of drug-likeness (QED) is 0.617. The highest BCUT2D eigenvalue weighted by Crippen LogP contribution is 2.17. The first-order valence-corrected chi connectivity index (χ1v) is 5.02. The molecule has 0 aliphatic heterocycles. The number of carbonyl (C=O) groups is 1. The second kappa shape index (κ2) is 6.70. The number of hydrogen-bond acceptors (Lipinski definition) is 1. The molecule has 0 saturated carbocycles. The zero-order valence-electron chi connectivity index (χ0n) is 8.68. The van der Waals surface area contributed by atoms with Crippen molar-refractivity contribution in [3.05, 3.63) is 12.2 Å². The number of carboxylic acids is 1. The molecule has 0 atom stereocenters. The maximum absolute atomic E-state index is 10.4. The molecule has 0 aromatic rings. The van der Waals surface area contributed by atoms with Crippen molar-refractivity contribution in [1.82, 2.24) is 0 Å². The molecule has 0 aliphatic rings. The average molecular weight is 184 g/mol. The summed E-state index contributed by atoms with van der Waals surface area (Å²) < 4.78 is 0. The lowest BCUT2D eigenvalue weighted by molar-refractivity contribution is -0.132. The molecule has 0 aliphatic carbocycles. The molecule has 2 nitrogen and oxygen atoms in total. The van der Waals surface area contributed by atoms with Gasteiger partial charge in [-0.1, -0.05) is 39.7 Å². The summed E-state index contributed by atoms with van der Waals surface area (Å²) >= 11 is 0. The third-order valence-corrected chi connectivity index (χ3v) is 2.55. The molecule has 0 rings (SSSR count). The first kappa shape index (κ1) is 12.2. The summed E-state index contributed by atoms with van der Waals surface area (Å²) in [4.78, 5) is 10.4. The van der Waals surface area contributed by atoms with E-state index < -0.39 is 5.97 Å². The van der Waals surface area contributed by atoms with Crippen molar-refractivity contribution in [1.29, 1.82) is 0 Å². The third-order valence-electron chi connectivity index (χ3n) is 2.55. The van der Waals surface area contributed by atoms with E-state index in [4.69, 9.17) is 5.11 Å². The molecule has 0 amide bonds. The molecule has 2 heteroatoms. The molecule has 76 valence electrons. The first-order chi connectivity index (χ1) is 6.11. The maximum atomic E-state index is 10.4. The van der Waals surface area contributed by atoms with Crippen molar-refractivity contribution in [2.45, 2.75) is 46.0 Å². The highest BCUT2D eigenvalue weighted by Gasteiger charge is 2.06. The van der Waals surface area contributed by atoms with Crippen LogP contribution in [0.2, 0.25) is 0 Å². The molecule has 1 N–H and O–H groups in total. The fourth-order valence-corrected chi connectivity index (χ4v) is 1.41. The van der Waals surface area contributed by atoms with Crippen molar-refractivity contribution in [2.24, 2.45) is 5.92 Å². The van der Waals surface area contributed by atoms with Gasteiger partial charge in [0.05, 0.1) is 0 Å². The van der Waals surface area contributed by atoms with E-state index in [1.165, 1.54) is 12.8 Å². The van der Waals surface area contributed by atoms with E-state index in [0.717, 1.165) is 18.8 Å². The molecule has 0 aromatic heterocycles. The van der Waals surface area contributed by atoms with Crippen LogP contribution in [0.5, 0.6) is 0 Å². The second-order valence-corrected chi connectivity index (χ2v) is 3.48. The number of carboxylic acid groups (broad SMARTS) is 1. The molecule has 0 radical (unpaired) electrons. The standard InChI is InChI=1S/C11H20O2/c1-4-10(5-2)8-6-7-9(3)11(12)13/h10H,3-8H2,1-2H3,(H,12,13). The van der Waals surface area contributed by atoms with Crippen molar-refractivity contribution in [3.8, 4) is 0 Å². The van der Waals surface area contributed by atoms with Crippen LogP contribution in [0.4, 0.5) is 0 Å². The molecule has 0 saturated heterocycles. The van der Waals surface area contributed by atoms with E-state index in [1.54, 1.807) is 0 Å². The van der Waals surface area contributed by atoms with Gasteiger partial charge in [-0.25, -0.2) is 4.79 Å². The smallest absolute Gasteiger partial charge is 0.330 e. The minimum absolute atomic E-state index is 0.339. The van der Waals surface area contributed by atoms with Gasteiger partial charge < -0.3 is 5.11 Å². The van der Waals surface area contributed by atoms with Gasteiger partial charge in [-0.3, -0.25) is 0 Å². The van der Waals surface area contributed by atoms with Crippen LogP contribution in [0.25, 0.3) is 0 Å². The van der Waals surface area contributed by atoms with Gasteiger partial charge in [0.15, 0.2) is 0 Å². The highest BCUT2D eigenvalue weighted by atomic mass is 16.4. The van der Waals surface area contributed by atoms with Gasteiger partial charge in [-0.15, -0.1) is 0 Å². The Morgan fingerprint density at radius 1 is 1.38 bits per heavy atom. The summed E-state index contributed by atoms with van der Waals surface area (Å²) in [6.07, 6.45) is 5.09. The lowest BCUT2D eigenvalue weighted by Crippen LogP contribution is -2.01. The van der Waals surface area contributed by atoms with E-state index in [-0.39, 0.29) is 0 Å². The minimum atomic E-state index is -0.857. The molecule has 13 heavy (non-hydrogen) atoms. The number of aliphatic carboxylic acids is 1. The molecular formula is C11H20O2. The Labute approximate surface area is 80.7 Å². The van der Waals surface area contributed by atoms with Gasteiger partial charge in [-0.2, -0.15) is 0 Å². The maximum Gasteiger partial charge on any atom is 0.330 e. The van der Waals surface area contributed by atoms with Gasteiger partial charge in [-0.05, 0) is 18.8 Å². The fraction of sp³-hybridized carbons (Fsp3) is 0.727. The van der Waals surface area contributed by atoms with Gasteiger partial charge >= 0.3 is 5.97 Å². The Morgan fingerprint density at radius 3 is 2.31 bits per heavy atom. The van der Waals surface area contributed by atoms with E-state index in [0.29, 0.717) is 12.0 Å². The zero-order valence-corrected chi connectivity index (χ0v) is 8.68. The van der Waals surface area contributed by atoms with Gasteiger partial charge in [0.1, 0.15) is 0 Å². The predicted molar refractivity (Wildman–Crippen MR) is 54.7 cm³/mol. The first-order valence-electron chi connectivity index (χ1n) is 5.02.